The fraction of sp³-hybridized carbons (Fsp3) is 0.600. The largest absolute Gasteiger partial charge is 0.416 e. The third kappa shape index (κ3) is 7.01. The molecule has 3 rings (SSSR count). The molecule has 0 spiro atoms. The third-order valence-electron chi connectivity index (χ3n) is 5.07. The highest BCUT2D eigenvalue weighted by molar-refractivity contribution is 8.00. The number of aldehydes is 1. The minimum Gasteiger partial charge on any atom is -0.371 e. The number of carbonyl (C=O) groups excluding carboxylic acids is 1. The van der Waals surface area contributed by atoms with Gasteiger partial charge in [-0.15, -0.1) is 11.8 Å². The van der Waals surface area contributed by atoms with E-state index in [9.17, 15) is 18.0 Å². The number of nitrogens with zero attached hydrogens (tertiary/aromatic N) is 1. The third-order valence-corrected chi connectivity index (χ3v) is 6.66. The van der Waals surface area contributed by atoms with E-state index in [-0.39, 0.29) is 4.75 Å². The highest BCUT2D eigenvalue weighted by Crippen LogP contribution is 2.45. The van der Waals surface area contributed by atoms with Crippen molar-refractivity contribution in [3.63, 3.8) is 0 Å². The van der Waals surface area contributed by atoms with Gasteiger partial charge in [0.2, 0.25) is 0 Å². The summed E-state index contributed by atoms with van der Waals surface area (Å²) in [6.45, 7) is 2.46. The van der Waals surface area contributed by atoms with E-state index in [1.54, 1.807) is 13.1 Å². The van der Waals surface area contributed by atoms with Gasteiger partial charge in [0.05, 0.1) is 5.56 Å². The van der Waals surface area contributed by atoms with Gasteiger partial charge >= 0.3 is 6.18 Å². The van der Waals surface area contributed by atoms with Crippen LogP contribution in [0.1, 0.15) is 44.6 Å². The molecular weight excluding hydrogens is 405 g/mol. The molecule has 1 heterocycles. The molecule has 162 valence electrons. The van der Waals surface area contributed by atoms with Crippen molar-refractivity contribution in [1.29, 1.82) is 0 Å². The van der Waals surface area contributed by atoms with Gasteiger partial charge in [-0.05, 0) is 50.3 Å². The molecule has 2 aliphatic rings. The van der Waals surface area contributed by atoms with E-state index >= 15 is 0 Å². The van der Waals surface area contributed by atoms with Gasteiger partial charge < -0.3 is 9.53 Å². The van der Waals surface area contributed by atoms with Crippen LogP contribution in [0.5, 0.6) is 0 Å². The number of amidine groups is 1. The van der Waals surface area contributed by atoms with Gasteiger partial charge in [-0.25, -0.2) is 0 Å². The molecule has 0 aromatic heterocycles. The van der Waals surface area contributed by atoms with Crippen LogP contribution in [0.15, 0.2) is 34.2 Å². The second-order valence-electron chi connectivity index (χ2n) is 7.16. The molecule has 0 radical (unpaired) electrons. The Hall–Kier alpha value is -1.58. The SMILES string of the molecule is CCC1(Sc2cccc(C(F)(F)F)c2)CCOC(C=O)C1.CN=C(NO)C1CC1. The maximum atomic E-state index is 12.8. The van der Waals surface area contributed by atoms with Gasteiger partial charge in [-0.1, -0.05) is 13.0 Å². The zero-order valence-electron chi connectivity index (χ0n) is 16.5. The maximum absolute atomic E-state index is 12.8. The lowest BCUT2D eigenvalue weighted by atomic mass is 9.92. The number of halogens is 3. The Morgan fingerprint density at radius 1 is 1.45 bits per heavy atom. The number of ether oxygens (including phenoxy) is 1. The molecule has 9 heteroatoms. The molecular formula is C20H27F3N2O3S. The topological polar surface area (TPSA) is 70.9 Å². The lowest BCUT2D eigenvalue weighted by molar-refractivity contribution is -0.137. The molecule has 2 N–H and O–H groups in total. The monoisotopic (exact) mass is 432 g/mol. The summed E-state index contributed by atoms with van der Waals surface area (Å²) in [4.78, 5) is 15.3. The lowest BCUT2D eigenvalue weighted by Crippen LogP contribution is -2.38. The Kier molecular flexibility index (Phi) is 8.54. The molecule has 29 heavy (non-hydrogen) atoms. The first-order chi connectivity index (χ1) is 13.8. The van der Waals surface area contributed by atoms with Gasteiger partial charge in [-0.2, -0.15) is 13.2 Å². The Morgan fingerprint density at radius 2 is 2.17 bits per heavy atom. The van der Waals surface area contributed by atoms with Gasteiger partial charge in [0.25, 0.3) is 0 Å². The predicted octanol–water partition coefficient (Wildman–Crippen LogP) is 4.73. The standard InChI is InChI=1S/C15H17F3O2S.C5H10N2O/c1-2-14(6-7-20-12(9-14)10-19)21-13-5-3-4-11(8-13)15(16,17)18;1-6-5(7-8)4-2-3-4/h3-5,8,10,12H,2,6-7,9H2,1H3;4,8H,2-3H2,1H3,(H,6,7). The summed E-state index contributed by atoms with van der Waals surface area (Å²) >= 11 is 1.42. The quantitative estimate of drug-likeness (QED) is 0.305. The van der Waals surface area contributed by atoms with Crippen molar-refractivity contribution in [1.82, 2.24) is 5.48 Å². The number of rotatable bonds is 5. The lowest BCUT2D eigenvalue weighted by Gasteiger charge is -2.38. The number of benzene rings is 1. The van der Waals surface area contributed by atoms with E-state index in [2.05, 4.69) is 10.5 Å². The summed E-state index contributed by atoms with van der Waals surface area (Å²) in [5.41, 5.74) is 1.42. The molecule has 2 atom stereocenters. The summed E-state index contributed by atoms with van der Waals surface area (Å²) in [5, 5.41) is 8.36. The minimum atomic E-state index is -4.34. The number of alkyl halides is 3. The number of hydrogen-bond acceptors (Lipinski definition) is 5. The zero-order valence-corrected chi connectivity index (χ0v) is 17.4. The molecule has 2 fully saturated rings. The number of carbonyl (C=O) groups is 1. The maximum Gasteiger partial charge on any atom is 0.416 e. The molecule has 0 amide bonds. The zero-order chi connectivity index (χ0) is 21.5. The van der Waals surface area contributed by atoms with Crippen LogP contribution in [0.25, 0.3) is 0 Å². The van der Waals surface area contributed by atoms with E-state index in [1.807, 2.05) is 6.92 Å². The van der Waals surface area contributed by atoms with Gasteiger partial charge in [0.15, 0.2) is 0 Å². The summed E-state index contributed by atoms with van der Waals surface area (Å²) < 4.78 is 43.4. The summed E-state index contributed by atoms with van der Waals surface area (Å²) in [6.07, 6.45) is 0.356. The van der Waals surface area contributed by atoms with E-state index in [1.165, 1.54) is 36.7 Å². The Morgan fingerprint density at radius 3 is 2.66 bits per heavy atom. The van der Waals surface area contributed by atoms with Crippen molar-refractivity contribution in [2.75, 3.05) is 13.7 Å². The molecule has 1 aromatic rings. The summed E-state index contributed by atoms with van der Waals surface area (Å²) in [5.74, 6) is 1.25. The Balaban J connectivity index is 0.000000313. The predicted molar refractivity (Wildman–Crippen MR) is 106 cm³/mol. The average molecular weight is 433 g/mol. The van der Waals surface area contributed by atoms with Gasteiger partial charge in [-0.3, -0.25) is 15.7 Å². The molecule has 1 saturated carbocycles. The second kappa shape index (κ2) is 10.4. The van der Waals surface area contributed by atoms with E-state index < -0.39 is 17.8 Å². The van der Waals surface area contributed by atoms with Crippen LogP contribution in [0, 0.1) is 5.92 Å². The molecule has 1 aliphatic carbocycles. The summed E-state index contributed by atoms with van der Waals surface area (Å²) in [6, 6.07) is 5.35. The Labute approximate surface area is 173 Å². The van der Waals surface area contributed by atoms with Crippen LogP contribution in [0.3, 0.4) is 0 Å². The number of hydroxylamine groups is 1. The molecule has 0 bridgehead atoms. The van der Waals surface area contributed by atoms with E-state index in [0.29, 0.717) is 23.8 Å². The fourth-order valence-electron chi connectivity index (χ4n) is 3.16. The molecule has 5 nitrogen and oxygen atoms in total. The van der Waals surface area contributed by atoms with Crippen molar-refractivity contribution in [2.24, 2.45) is 10.9 Å². The van der Waals surface area contributed by atoms with Crippen LogP contribution in [-0.4, -0.2) is 41.8 Å². The van der Waals surface area contributed by atoms with Crippen molar-refractivity contribution in [3.8, 4) is 0 Å². The average Bonchev–Trinajstić information content (AvgIpc) is 3.54. The van der Waals surface area contributed by atoms with Crippen LogP contribution in [-0.2, 0) is 15.7 Å². The van der Waals surface area contributed by atoms with Crippen molar-refractivity contribution in [3.05, 3.63) is 29.8 Å². The molecule has 1 saturated heterocycles. The smallest absolute Gasteiger partial charge is 0.371 e. The second-order valence-corrected chi connectivity index (χ2v) is 8.70. The van der Waals surface area contributed by atoms with E-state index in [0.717, 1.165) is 31.0 Å². The van der Waals surface area contributed by atoms with Crippen molar-refractivity contribution in [2.45, 2.75) is 61.0 Å². The van der Waals surface area contributed by atoms with Crippen LogP contribution < -0.4 is 5.48 Å². The van der Waals surface area contributed by atoms with Crippen LogP contribution in [0.4, 0.5) is 13.2 Å². The number of hydrogen-bond donors (Lipinski definition) is 2. The van der Waals surface area contributed by atoms with Gasteiger partial charge in [0.1, 0.15) is 18.2 Å². The first-order valence-corrected chi connectivity index (χ1v) is 10.4. The highest BCUT2D eigenvalue weighted by Gasteiger charge is 2.37. The Bertz CT molecular complexity index is 710. The van der Waals surface area contributed by atoms with Crippen LogP contribution >= 0.6 is 11.8 Å². The van der Waals surface area contributed by atoms with Crippen molar-refractivity contribution < 1.29 is 27.9 Å². The van der Waals surface area contributed by atoms with Crippen LogP contribution in [0.2, 0.25) is 0 Å². The minimum absolute atomic E-state index is 0.242. The molecule has 2 unspecified atom stereocenters. The normalized spacial score (nSPS) is 25.0. The number of nitrogens with one attached hydrogen (secondary N) is 1. The molecule has 1 aliphatic heterocycles. The van der Waals surface area contributed by atoms with Gasteiger partial charge in [0, 0.05) is 29.2 Å². The van der Waals surface area contributed by atoms with Crippen molar-refractivity contribution >= 4 is 23.9 Å². The number of aliphatic imine (C=N–C) groups is 1. The number of thioether (sulfide) groups is 1. The first-order valence-electron chi connectivity index (χ1n) is 9.57. The molecule has 1 aromatic carbocycles. The summed E-state index contributed by atoms with van der Waals surface area (Å²) in [7, 11) is 1.68. The first kappa shape index (κ1) is 23.7. The highest BCUT2D eigenvalue weighted by atomic mass is 32.2. The fourth-order valence-corrected chi connectivity index (χ4v) is 4.57. The van der Waals surface area contributed by atoms with E-state index in [4.69, 9.17) is 9.94 Å².